The largest absolute Gasteiger partial charge is 0.508 e. The van der Waals surface area contributed by atoms with Crippen LogP contribution in [0.3, 0.4) is 0 Å². The maximum absolute atomic E-state index is 13.3. The van der Waals surface area contributed by atoms with Crippen molar-refractivity contribution in [2.45, 2.75) is 25.5 Å². The standard InChI is InChI=1S/C29H26N2O7S/c1-4-11-36-28(34)24-20(14-21-23(27(33)31(21)24)15(3)38-29(35)37-12-5-2)18-8-6-7-17-19-13-16(26(30)32)9-10-22(19)39-25(17)18/h4-10,13,15,21,23H,1-2,11-12,14H2,3H3,(H2,30,32)/t15-,21-,23-/m1/s1. The fourth-order valence-corrected chi connectivity index (χ4v) is 6.49. The van der Waals surface area contributed by atoms with Crippen molar-refractivity contribution in [1.29, 1.82) is 0 Å². The first-order chi connectivity index (χ1) is 18.8. The van der Waals surface area contributed by atoms with Crippen LogP contribution in [0.1, 0.15) is 29.3 Å². The SMILES string of the molecule is C=CCOC(=O)O[C@H](C)[C@H]1C(=O)N2C(C(=O)OCC=C)=C(c3cccc4c3sc3ccc(C(N)=O)cc34)C[C@H]12. The zero-order valence-electron chi connectivity index (χ0n) is 21.2. The van der Waals surface area contributed by atoms with Gasteiger partial charge in [0, 0.05) is 25.7 Å². The van der Waals surface area contributed by atoms with Crippen LogP contribution in [0.4, 0.5) is 4.79 Å². The fraction of sp³-hybridized carbons (Fsp3) is 0.241. The molecule has 2 aromatic carbocycles. The minimum absolute atomic E-state index is 0.00910. The minimum Gasteiger partial charge on any atom is -0.457 e. The number of primary amides is 1. The normalized spacial score (nSPS) is 18.9. The predicted molar refractivity (Wildman–Crippen MR) is 147 cm³/mol. The predicted octanol–water partition coefficient (Wildman–Crippen LogP) is 4.55. The van der Waals surface area contributed by atoms with Gasteiger partial charge in [-0.2, -0.15) is 0 Å². The van der Waals surface area contributed by atoms with Crippen LogP contribution in [0.5, 0.6) is 0 Å². The first kappa shape index (κ1) is 26.2. The highest BCUT2D eigenvalue weighted by Gasteiger charge is 2.58. The van der Waals surface area contributed by atoms with E-state index in [1.807, 2.05) is 24.3 Å². The Morgan fingerprint density at radius 2 is 1.87 bits per heavy atom. The number of carbonyl (C=O) groups excluding carboxylic acids is 4. The lowest BCUT2D eigenvalue weighted by Crippen LogP contribution is -2.62. The van der Waals surface area contributed by atoms with E-state index >= 15 is 0 Å². The van der Waals surface area contributed by atoms with Gasteiger partial charge in [-0.25, -0.2) is 9.59 Å². The summed E-state index contributed by atoms with van der Waals surface area (Å²) in [7, 11) is 0. The van der Waals surface area contributed by atoms with E-state index in [0.29, 0.717) is 17.6 Å². The number of hydrogen-bond acceptors (Lipinski definition) is 8. The topological polar surface area (TPSA) is 125 Å². The lowest BCUT2D eigenvalue weighted by Gasteiger charge is -2.45. The third-order valence-electron chi connectivity index (χ3n) is 6.95. The van der Waals surface area contributed by atoms with Crippen LogP contribution >= 0.6 is 11.3 Å². The maximum Gasteiger partial charge on any atom is 0.508 e. The molecule has 0 unspecified atom stereocenters. The molecule has 2 aliphatic heterocycles. The number of nitrogens with two attached hydrogens (primary N) is 1. The number of ether oxygens (including phenoxy) is 3. The second-order valence-corrected chi connectivity index (χ2v) is 10.3. The number of benzene rings is 2. The highest BCUT2D eigenvalue weighted by molar-refractivity contribution is 7.26. The van der Waals surface area contributed by atoms with Crippen LogP contribution in [0.25, 0.3) is 25.7 Å². The number of rotatable bonds is 9. The monoisotopic (exact) mass is 546 g/mol. The number of fused-ring (bicyclic) bond motifs is 4. The molecule has 0 spiro atoms. The van der Waals surface area contributed by atoms with E-state index in [1.165, 1.54) is 28.4 Å². The first-order valence-corrected chi connectivity index (χ1v) is 13.1. The van der Waals surface area contributed by atoms with E-state index in [-0.39, 0.29) is 24.8 Å². The third-order valence-corrected chi connectivity index (χ3v) is 8.17. The lowest BCUT2D eigenvalue weighted by molar-refractivity contribution is -0.162. The summed E-state index contributed by atoms with van der Waals surface area (Å²) in [6, 6.07) is 10.6. The Kier molecular flexibility index (Phi) is 6.96. The van der Waals surface area contributed by atoms with E-state index in [0.717, 1.165) is 25.7 Å². The van der Waals surface area contributed by atoms with E-state index in [9.17, 15) is 19.2 Å². The smallest absolute Gasteiger partial charge is 0.457 e. The van der Waals surface area contributed by atoms with Crippen LogP contribution in [0.15, 0.2) is 67.4 Å². The molecule has 1 saturated heterocycles. The summed E-state index contributed by atoms with van der Waals surface area (Å²) in [4.78, 5) is 51.8. The zero-order valence-corrected chi connectivity index (χ0v) is 22.0. The van der Waals surface area contributed by atoms with E-state index in [4.69, 9.17) is 19.9 Å². The molecule has 3 atom stereocenters. The van der Waals surface area contributed by atoms with Gasteiger partial charge in [0.25, 0.3) is 0 Å². The van der Waals surface area contributed by atoms with Gasteiger partial charge >= 0.3 is 12.1 Å². The Morgan fingerprint density at radius 1 is 1.13 bits per heavy atom. The van der Waals surface area contributed by atoms with Gasteiger partial charge in [0.15, 0.2) is 0 Å². The molecule has 1 fully saturated rings. The molecule has 1 aromatic heterocycles. The van der Waals surface area contributed by atoms with E-state index < -0.39 is 36.1 Å². The molecule has 200 valence electrons. The second kappa shape index (κ2) is 10.4. The van der Waals surface area contributed by atoms with Crippen molar-refractivity contribution < 1.29 is 33.4 Å². The van der Waals surface area contributed by atoms with Gasteiger partial charge in [-0.05, 0) is 42.7 Å². The van der Waals surface area contributed by atoms with Crippen molar-refractivity contribution in [1.82, 2.24) is 4.90 Å². The molecule has 2 N–H and O–H groups in total. The Labute approximate surface area is 228 Å². The molecule has 0 aliphatic carbocycles. The van der Waals surface area contributed by atoms with Gasteiger partial charge in [0.05, 0.1) is 12.0 Å². The average molecular weight is 547 g/mol. The third kappa shape index (κ3) is 4.46. The summed E-state index contributed by atoms with van der Waals surface area (Å²) in [5, 5.41) is 1.78. The number of esters is 1. The summed E-state index contributed by atoms with van der Waals surface area (Å²) in [6.07, 6.45) is 1.58. The Bertz CT molecular complexity index is 1590. The summed E-state index contributed by atoms with van der Waals surface area (Å²) >= 11 is 1.52. The molecule has 2 aliphatic rings. The van der Waals surface area contributed by atoms with Crippen molar-refractivity contribution in [3.8, 4) is 0 Å². The van der Waals surface area contributed by atoms with Crippen molar-refractivity contribution in [2.75, 3.05) is 13.2 Å². The molecule has 5 rings (SSSR count). The van der Waals surface area contributed by atoms with Gasteiger partial charge in [0.2, 0.25) is 11.8 Å². The van der Waals surface area contributed by atoms with Crippen molar-refractivity contribution in [2.24, 2.45) is 11.7 Å². The first-order valence-electron chi connectivity index (χ1n) is 12.3. The number of nitrogens with zero attached hydrogens (tertiary/aromatic N) is 1. The summed E-state index contributed by atoms with van der Waals surface area (Å²) in [5.74, 6) is -2.14. The number of amides is 2. The van der Waals surface area contributed by atoms with Crippen LogP contribution < -0.4 is 5.73 Å². The molecule has 10 heteroatoms. The maximum atomic E-state index is 13.3. The average Bonchev–Trinajstić information content (AvgIpc) is 3.46. The highest BCUT2D eigenvalue weighted by Crippen LogP contribution is 2.50. The van der Waals surface area contributed by atoms with Crippen LogP contribution in [-0.4, -0.2) is 54.2 Å². The molecule has 9 nitrogen and oxygen atoms in total. The number of β-lactam (4-membered cyclic amide) rings is 1. The molecule has 0 radical (unpaired) electrons. The Balaban J connectivity index is 1.55. The van der Waals surface area contributed by atoms with Crippen molar-refractivity contribution in [3.05, 3.63) is 78.5 Å². The molecule has 0 saturated carbocycles. The van der Waals surface area contributed by atoms with Crippen LogP contribution in [0, 0.1) is 5.92 Å². The molecule has 2 amide bonds. The van der Waals surface area contributed by atoms with Crippen LogP contribution in [0.2, 0.25) is 0 Å². The zero-order chi connectivity index (χ0) is 27.8. The minimum atomic E-state index is -0.893. The summed E-state index contributed by atoms with van der Waals surface area (Å²) < 4.78 is 17.5. The Morgan fingerprint density at radius 3 is 2.59 bits per heavy atom. The Hall–Kier alpha value is -4.44. The number of hydrogen-bond donors (Lipinski definition) is 1. The molecule has 0 bridgehead atoms. The van der Waals surface area contributed by atoms with Gasteiger partial charge in [-0.3, -0.25) is 9.59 Å². The van der Waals surface area contributed by atoms with Gasteiger partial charge < -0.3 is 24.8 Å². The molecule has 3 aromatic rings. The second-order valence-electron chi connectivity index (χ2n) is 9.25. The molecular weight excluding hydrogens is 520 g/mol. The number of thiophene rings is 1. The lowest BCUT2D eigenvalue weighted by atomic mass is 9.82. The van der Waals surface area contributed by atoms with Gasteiger partial charge in [-0.15, -0.1) is 11.3 Å². The van der Waals surface area contributed by atoms with E-state index in [2.05, 4.69) is 13.2 Å². The highest BCUT2D eigenvalue weighted by atomic mass is 32.1. The summed E-state index contributed by atoms with van der Waals surface area (Å²) in [5.41, 5.74) is 7.53. The molecular formula is C29H26N2O7S. The quantitative estimate of drug-likeness (QED) is 0.237. The van der Waals surface area contributed by atoms with Gasteiger partial charge in [0.1, 0.15) is 25.0 Å². The molecule has 3 heterocycles. The van der Waals surface area contributed by atoms with E-state index in [1.54, 1.807) is 19.1 Å². The molecule has 39 heavy (non-hydrogen) atoms. The van der Waals surface area contributed by atoms with Crippen LogP contribution in [-0.2, 0) is 23.8 Å². The summed E-state index contributed by atoms with van der Waals surface area (Å²) in [6.45, 7) is 8.70. The number of carbonyl (C=O) groups is 4. The van der Waals surface area contributed by atoms with Gasteiger partial charge in [-0.1, -0.05) is 43.5 Å². The fourth-order valence-electron chi connectivity index (χ4n) is 5.26. The van der Waals surface area contributed by atoms with Crippen molar-refractivity contribution in [3.63, 3.8) is 0 Å². The van der Waals surface area contributed by atoms with Crippen molar-refractivity contribution >= 4 is 61.0 Å².